The van der Waals surface area contributed by atoms with Crippen molar-refractivity contribution in [3.05, 3.63) is 29.8 Å². The van der Waals surface area contributed by atoms with Crippen LogP contribution in [0.15, 0.2) is 34.2 Å². The van der Waals surface area contributed by atoms with Crippen LogP contribution in [-0.2, 0) is 0 Å². The molecule has 0 atom stereocenters. The van der Waals surface area contributed by atoms with Gasteiger partial charge in [-0.25, -0.2) is 0 Å². The van der Waals surface area contributed by atoms with E-state index in [0.29, 0.717) is 5.56 Å². The van der Waals surface area contributed by atoms with E-state index < -0.39 is 0 Å². The Balaban J connectivity index is 2.95. The Hall–Kier alpha value is -1.27. The first kappa shape index (κ1) is 9.82. The highest BCUT2D eigenvalue weighted by atomic mass is 32.2. The van der Waals surface area contributed by atoms with Crippen LogP contribution < -0.4 is 0 Å². The van der Waals surface area contributed by atoms with Crippen LogP contribution >= 0.6 is 11.8 Å². The van der Waals surface area contributed by atoms with Crippen LogP contribution in [0.3, 0.4) is 0 Å². The van der Waals surface area contributed by atoms with Gasteiger partial charge < -0.3 is 0 Å². The fourth-order valence-electron chi connectivity index (χ4n) is 0.853. The molecule has 3 heteroatoms. The summed E-state index contributed by atoms with van der Waals surface area (Å²) in [6.07, 6.45) is 0. The van der Waals surface area contributed by atoms with Gasteiger partial charge in [-0.05, 0) is 19.1 Å². The maximum absolute atomic E-state index is 8.80. The molecule has 13 heavy (non-hydrogen) atoms. The first-order chi connectivity index (χ1) is 6.27. The van der Waals surface area contributed by atoms with Gasteiger partial charge in [0.25, 0.3) is 0 Å². The summed E-state index contributed by atoms with van der Waals surface area (Å²) in [6.45, 7) is 1.93. The van der Waals surface area contributed by atoms with Crippen molar-refractivity contribution >= 4 is 16.8 Å². The second-order valence-electron chi connectivity index (χ2n) is 2.45. The van der Waals surface area contributed by atoms with Crippen molar-refractivity contribution in [2.75, 3.05) is 7.05 Å². The number of rotatable bonds is 1. The second kappa shape index (κ2) is 4.68. The van der Waals surface area contributed by atoms with Crippen molar-refractivity contribution in [2.24, 2.45) is 4.99 Å². The molecule has 0 spiro atoms. The number of nitriles is 1. The molecule has 0 radical (unpaired) electrons. The van der Waals surface area contributed by atoms with E-state index in [2.05, 4.69) is 11.1 Å². The molecule has 1 aromatic carbocycles. The van der Waals surface area contributed by atoms with Gasteiger partial charge in [-0.2, -0.15) is 5.26 Å². The summed E-state index contributed by atoms with van der Waals surface area (Å²) in [6, 6.07) is 9.67. The molecule has 0 aliphatic rings. The SMILES string of the molecule is CN=C(C)Sc1ccccc1C#N. The summed E-state index contributed by atoms with van der Waals surface area (Å²) in [5.74, 6) is 0. The Morgan fingerprint density at radius 2 is 2.15 bits per heavy atom. The van der Waals surface area contributed by atoms with Crippen molar-refractivity contribution in [2.45, 2.75) is 11.8 Å². The molecule has 0 amide bonds. The zero-order valence-electron chi connectivity index (χ0n) is 7.61. The van der Waals surface area contributed by atoms with Crippen LogP contribution in [-0.4, -0.2) is 12.1 Å². The Morgan fingerprint density at radius 3 is 2.77 bits per heavy atom. The highest BCUT2D eigenvalue weighted by Crippen LogP contribution is 2.22. The average Bonchev–Trinajstić information content (AvgIpc) is 2.18. The van der Waals surface area contributed by atoms with Crippen LogP contribution in [0, 0.1) is 11.3 Å². The Morgan fingerprint density at radius 1 is 1.46 bits per heavy atom. The molecule has 0 heterocycles. The van der Waals surface area contributed by atoms with Gasteiger partial charge in [0.1, 0.15) is 6.07 Å². The van der Waals surface area contributed by atoms with E-state index in [4.69, 9.17) is 5.26 Å². The van der Waals surface area contributed by atoms with E-state index >= 15 is 0 Å². The van der Waals surface area contributed by atoms with Crippen molar-refractivity contribution in [1.29, 1.82) is 5.26 Å². The third kappa shape index (κ3) is 2.60. The number of hydrogen-bond acceptors (Lipinski definition) is 3. The van der Waals surface area contributed by atoms with Gasteiger partial charge in [-0.3, -0.25) is 4.99 Å². The second-order valence-corrected chi connectivity index (χ2v) is 3.69. The lowest BCUT2D eigenvalue weighted by Gasteiger charge is -2.01. The van der Waals surface area contributed by atoms with Crippen molar-refractivity contribution in [1.82, 2.24) is 0 Å². The minimum atomic E-state index is 0.704. The summed E-state index contributed by atoms with van der Waals surface area (Å²) < 4.78 is 0. The summed E-state index contributed by atoms with van der Waals surface area (Å²) in [5.41, 5.74) is 0.704. The van der Waals surface area contributed by atoms with Crippen molar-refractivity contribution < 1.29 is 0 Å². The molecule has 66 valence electrons. The molecule has 0 N–H and O–H groups in total. The molecule has 0 aliphatic carbocycles. The molecule has 0 bridgehead atoms. The van der Waals surface area contributed by atoms with E-state index in [1.807, 2.05) is 31.2 Å². The molecule has 0 fully saturated rings. The summed E-state index contributed by atoms with van der Waals surface area (Å²) >= 11 is 1.52. The Bertz CT molecular complexity index is 363. The van der Waals surface area contributed by atoms with Gasteiger partial charge >= 0.3 is 0 Å². The summed E-state index contributed by atoms with van der Waals surface area (Å²) in [7, 11) is 1.75. The highest BCUT2D eigenvalue weighted by molar-refractivity contribution is 8.14. The molecule has 0 aliphatic heterocycles. The van der Waals surface area contributed by atoms with Crippen molar-refractivity contribution in [3.8, 4) is 6.07 Å². The van der Waals surface area contributed by atoms with Crippen LogP contribution in [0.1, 0.15) is 12.5 Å². The fourth-order valence-corrected chi connectivity index (χ4v) is 1.63. The molecule has 1 aromatic rings. The third-order valence-electron chi connectivity index (χ3n) is 1.58. The molecule has 0 aromatic heterocycles. The molecule has 0 saturated carbocycles. The van der Waals surface area contributed by atoms with Crippen LogP contribution in [0.5, 0.6) is 0 Å². The van der Waals surface area contributed by atoms with Gasteiger partial charge in [0, 0.05) is 11.9 Å². The predicted molar refractivity (Wildman–Crippen MR) is 56.0 cm³/mol. The lowest BCUT2D eigenvalue weighted by molar-refractivity contribution is 1.37. The van der Waals surface area contributed by atoms with E-state index in [9.17, 15) is 0 Å². The van der Waals surface area contributed by atoms with Gasteiger partial charge in [0.2, 0.25) is 0 Å². The summed E-state index contributed by atoms with van der Waals surface area (Å²) in [4.78, 5) is 5.00. The van der Waals surface area contributed by atoms with Crippen LogP contribution in [0.4, 0.5) is 0 Å². The lowest BCUT2D eigenvalue weighted by atomic mass is 10.2. The minimum absolute atomic E-state index is 0.704. The zero-order valence-corrected chi connectivity index (χ0v) is 8.43. The molecular formula is C10H10N2S. The van der Waals surface area contributed by atoms with E-state index in [0.717, 1.165) is 9.94 Å². The number of aliphatic imine (C=N–C) groups is 1. The third-order valence-corrected chi connectivity index (χ3v) is 2.63. The Kier molecular flexibility index (Phi) is 3.53. The fraction of sp³-hybridized carbons (Fsp3) is 0.200. The van der Waals surface area contributed by atoms with E-state index in [1.54, 1.807) is 7.05 Å². The maximum Gasteiger partial charge on any atom is 0.100 e. The monoisotopic (exact) mass is 190 g/mol. The number of benzene rings is 1. The summed E-state index contributed by atoms with van der Waals surface area (Å²) in [5, 5.41) is 9.76. The van der Waals surface area contributed by atoms with Gasteiger partial charge in [0.05, 0.1) is 10.6 Å². The van der Waals surface area contributed by atoms with Crippen LogP contribution in [0.25, 0.3) is 0 Å². The molecule has 1 rings (SSSR count). The van der Waals surface area contributed by atoms with Gasteiger partial charge in [-0.15, -0.1) is 0 Å². The molecule has 2 nitrogen and oxygen atoms in total. The number of nitrogens with zero attached hydrogens (tertiary/aromatic N) is 2. The molecule has 0 saturated heterocycles. The minimum Gasteiger partial charge on any atom is -0.286 e. The first-order valence-corrected chi connectivity index (χ1v) is 4.70. The number of thioether (sulfide) groups is 1. The maximum atomic E-state index is 8.80. The van der Waals surface area contributed by atoms with Gasteiger partial charge in [-0.1, -0.05) is 23.9 Å². The smallest absolute Gasteiger partial charge is 0.100 e. The van der Waals surface area contributed by atoms with Crippen molar-refractivity contribution in [3.63, 3.8) is 0 Å². The number of hydrogen-bond donors (Lipinski definition) is 0. The first-order valence-electron chi connectivity index (χ1n) is 3.88. The quantitative estimate of drug-likeness (QED) is 0.388. The van der Waals surface area contributed by atoms with E-state index in [1.165, 1.54) is 11.8 Å². The Labute approximate surface area is 82.3 Å². The molecular weight excluding hydrogens is 180 g/mol. The standard InChI is InChI=1S/C10H10N2S/c1-8(12-2)13-10-6-4-3-5-9(10)7-11/h3-6H,1-2H3. The van der Waals surface area contributed by atoms with Gasteiger partial charge in [0.15, 0.2) is 0 Å². The zero-order chi connectivity index (χ0) is 9.68. The topological polar surface area (TPSA) is 36.1 Å². The largest absolute Gasteiger partial charge is 0.286 e. The highest BCUT2D eigenvalue weighted by Gasteiger charge is 2.01. The average molecular weight is 190 g/mol. The molecule has 0 unspecified atom stereocenters. The van der Waals surface area contributed by atoms with Crippen LogP contribution in [0.2, 0.25) is 0 Å². The van der Waals surface area contributed by atoms with E-state index in [-0.39, 0.29) is 0 Å². The lowest BCUT2D eigenvalue weighted by Crippen LogP contribution is -1.86. The normalized spacial score (nSPS) is 11.0. The predicted octanol–water partition coefficient (Wildman–Crippen LogP) is 2.70.